The first-order valence-corrected chi connectivity index (χ1v) is 7.00. The van der Waals surface area contributed by atoms with Crippen LogP contribution in [-0.4, -0.2) is 18.0 Å². The molecule has 0 saturated carbocycles. The third kappa shape index (κ3) is 3.55. The number of carbonyl (C=O) groups is 2. The molecule has 1 unspecified atom stereocenters. The Morgan fingerprint density at radius 2 is 1.82 bits per heavy atom. The molecule has 5 heteroatoms. The number of anilines is 1. The Bertz CT molecular complexity index is 666. The largest absolute Gasteiger partial charge is 0.472 e. The van der Waals surface area contributed by atoms with E-state index < -0.39 is 12.1 Å². The highest BCUT2D eigenvalue weighted by Crippen LogP contribution is 2.22. The van der Waals surface area contributed by atoms with Gasteiger partial charge in [-0.1, -0.05) is 17.7 Å². The number of nitrogens with one attached hydrogen (secondary N) is 1. The Hall–Kier alpha value is -2.56. The maximum Gasteiger partial charge on any atom is 0.342 e. The van der Waals surface area contributed by atoms with Crippen LogP contribution in [0.3, 0.4) is 0 Å². The van der Waals surface area contributed by atoms with Crippen molar-refractivity contribution < 1.29 is 18.7 Å². The molecule has 1 atom stereocenters. The van der Waals surface area contributed by atoms with Crippen LogP contribution in [-0.2, 0) is 9.53 Å². The summed E-state index contributed by atoms with van der Waals surface area (Å²) in [5.74, 6) is -0.958. The van der Waals surface area contributed by atoms with Crippen molar-refractivity contribution in [3.8, 4) is 0 Å². The molecule has 0 spiro atoms. The fourth-order valence-electron chi connectivity index (χ4n) is 2.26. The standard InChI is InChI=1S/C17H19NO4/c1-10-7-11(2)15(12(3)8-10)18-16(19)13(4)22-17(20)14-5-6-21-9-14/h5-9,13H,1-4H3,(H,18,19). The van der Waals surface area contributed by atoms with E-state index in [1.807, 2.05) is 32.9 Å². The molecule has 2 rings (SSSR count). The third-order valence-corrected chi connectivity index (χ3v) is 3.34. The summed E-state index contributed by atoms with van der Waals surface area (Å²) in [7, 11) is 0. The number of benzene rings is 1. The first-order valence-electron chi connectivity index (χ1n) is 7.00. The van der Waals surface area contributed by atoms with Crippen LogP contribution in [0.2, 0.25) is 0 Å². The molecule has 2 aromatic rings. The molecular weight excluding hydrogens is 282 g/mol. The smallest absolute Gasteiger partial charge is 0.342 e. The molecule has 1 aromatic carbocycles. The van der Waals surface area contributed by atoms with Crippen molar-refractivity contribution in [1.29, 1.82) is 0 Å². The Balaban J connectivity index is 2.04. The van der Waals surface area contributed by atoms with Gasteiger partial charge in [-0.3, -0.25) is 4.79 Å². The van der Waals surface area contributed by atoms with E-state index in [0.29, 0.717) is 0 Å². The zero-order chi connectivity index (χ0) is 16.3. The lowest BCUT2D eigenvalue weighted by Crippen LogP contribution is -2.30. The van der Waals surface area contributed by atoms with Crippen LogP contribution in [0, 0.1) is 20.8 Å². The number of amides is 1. The SMILES string of the molecule is Cc1cc(C)c(NC(=O)C(C)OC(=O)c2ccoc2)c(C)c1. The molecule has 0 saturated heterocycles. The second-order valence-electron chi connectivity index (χ2n) is 5.32. The van der Waals surface area contributed by atoms with Crippen LogP contribution >= 0.6 is 0 Å². The van der Waals surface area contributed by atoms with Gasteiger partial charge in [-0.05, 0) is 44.9 Å². The van der Waals surface area contributed by atoms with Crippen molar-refractivity contribution in [1.82, 2.24) is 0 Å². The summed E-state index contributed by atoms with van der Waals surface area (Å²) in [6.45, 7) is 7.39. The van der Waals surface area contributed by atoms with Crippen LogP contribution in [0.5, 0.6) is 0 Å². The van der Waals surface area contributed by atoms with Gasteiger partial charge in [-0.2, -0.15) is 0 Å². The van der Waals surface area contributed by atoms with Gasteiger partial charge in [0.15, 0.2) is 6.10 Å². The summed E-state index contributed by atoms with van der Waals surface area (Å²) in [6.07, 6.45) is 1.75. The van der Waals surface area contributed by atoms with Gasteiger partial charge in [0, 0.05) is 5.69 Å². The maximum absolute atomic E-state index is 12.2. The fraction of sp³-hybridized carbons (Fsp3) is 0.294. The van der Waals surface area contributed by atoms with Crippen LogP contribution in [0.15, 0.2) is 35.1 Å². The third-order valence-electron chi connectivity index (χ3n) is 3.34. The first kappa shape index (κ1) is 15.8. The molecule has 5 nitrogen and oxygen atoms in total. The van der Waals surface area contributed by atoms with E-state index in [2.05, 4.69) is 5.32 Å². The van der Waals surface area contributed by atoms with Crippen LogP contribution in [0.1, 0.15) is 34.0 Å². The zero-order valence-corrected chi connectivity index (χ0v) is 13.1. The summed E-state index contributed by atoms with van der Waals surface area (Å²) in [4.78, 5) is 24.0. The van der Waals surface area contributed by atoms with Crippen LogP contribution in [0.25, 0.3) is 0 Å². The average molecular weight is 301 g/mol. The quantitative estimate of drug-likeness (QED) is 0.879. The Kier molecular flexibility index (Phi) is 4.65. The van der Waals surface area contributed by atoms with E-state index >= 15 is 0 Å². The number of hydrogen-bond acceptors (Lipinski definition) is 4. The molecule has 1 N–H and O–H groups in total. The highest BCUT2D eigenvalue weighted by Gasteiger charge is 2.20. The van der Waals surface area contributed by atoms with Gasteiger partial charge in [0.1, 0.15) is 6.26 Å². The number of ether oxygens (including phenoxy) is 1. The highest BCUT2D eigenvalue weighted by molar-refractivity contribution is 5.98. The van der Waals surface area contributed by atoms with Gasteiger partial charge in [0.25, 0.3) is 5.91 Å². The summed E-state index contributed by atoms with van der Waals surface area (Å²) in [6, 6.07) is 5.47. The van der Waals surface area contributed by atoms with Gasteiger partial charge in [0.2, 0.25) is 0 Å². The number of hydrogen-bond donors (Lipinski definition) is 1. The maximum atomic E-state index is 12.2. The molecular formula is C17H19NO4. The van der Waals surface area contributed by atoms with Crippen molar-refractivity contribution in [3.05, 3.63) is 53.0 Å². The van der Waals surface area contributed by atoms with Crippen molar-refractivity contribution in [2.75, 3.05) is 5.32 Å². The zero-order valence-electron chi connectivity index (χ0n) is 13.1. The molecule has 0 aliphatic carbocycles. The predicted molar refractivity (Wildman–Crippen MR) is 82.9 cm³/mol. The van der Waals surface area contributed by atoms with Crippen molar-refractivity contribution in [2.24, 2.45) is 0 Å². The Morgan fingerprint density at radius 1 is 1.18 bits per heavy atom. The van der Waals surface area contributed by atoms with Crippen LogP contribution < -0.4 is 5.32 Å². The van der Waals surface area contributed by atoms with Gasteiger partial charge in [0.05, 0.1) is 11.8 Å². The minimum atomic E-state index is -0.900. The summed E-state index contributed by atoms with van der Waals surface area (Å²) < 4.78 is 9.94. The lowest BCUT2D eigenvalue weighted by molar-refractivity contribution is -0.123. The highest BCUT2D eigenvalue weighted by atomic mass is 16.5. The van der Waals surface area contributed by atoms with E-state index in [0.717, 1.165) is 22.4 Å². The van der Waals surface area contributed by atoms with Crippen molar-refractivity contribution >= 4 is 17.6 Å². The Labute approximate surface area is 129 Å². The number of furan rings is 1. The number of carbonyl (C=O) groups excluding carboxylic acids is 2. The molecule has 0 fully saturated rings. The van der Waals surface area contributed by atoms with Crippen molar-refractivity contribution in [3.63, 3.8) is 0 Å². The summed E-state index contributed by atoms with van der Waals surface area (Å²) >= 11 is 0. The molecule has 116 valence electrons. The number of aryl methyl sites for hydroxylation is 3. The van der Waals surface area contributed by atoms with Crippen molar-refractivity contribution in [2.45, 2.75) is 33.8 Å². The van der Waals surface area contributed by atoms with E-state index in [4.69, 9.17) is 9.15 Å². The topological polar surface area (TPSA) is 68.5 Å². The molecule has 0 radical (unpaired) electrons. The number of esters is 1. The molecule has 0 bridgehead atoms. The molecule has 1 amide bonds. The molecule has 1 aromatic heterocycles. The van der Waals surface area contributed by atoms with E-state index in [1.165, 1.54) is 25.5 Å². The van der Waals surface area contributed by atoms with Gasteiger partial charge >= 0.3 is 5.97 Å². The lowest BCUT2D eigenvalue weighted by Gasteiger charge is -2.16. The monoisotopic (exact) mass is 301 g/mol. The van der Waals surface area contributed by atoms with E-state index in [9.17, 15) is 9.59 Å². The van der Waals surface area contributed by atoms with E-state index in [1.54, 1.807) is 0 Å². The normalized spacial score (nSPS) is 11.8. The fourth-order valence-corrected chi connectivity index (χ4v) is 2.26. The van der Waals surface area contributed by atoms with Gasteiger partial charge in [-0.15, -0.1) is 0 Å². The van der Waals surface area contributed by atoms with Crippen LogP contribution in [0.4, 0.5) is 5.69 Å². The summed E-state index contributed by atoms with van der Waals surface area (Å²) in [5.41, 5.74) is 4.11. The average Bonchev–Trinajstić information content (AvgIpc) is 2.96. The van der Waals surface area contributed by atoms with E-state index in [-0.39, 0.29) is 11.5 Å². The second-order valence-corrected chi connectivity index (χ2v) is 5.32. The summed E-state index contributed by atoms with van der Waals surface area (Å²) in [5, 5.41) is 2.82. The molecule has 1 heterocycles. The first-order chi connectivity index (χ1) is 10.4. The minimum Gasteiger partial charge on any atom is -0.472 e. The molecule has 0 aliphatic heterocycles. The van der Waals surface area contributed by atoms with Gasteiger partial charge in [-0.25, -0.2) is 4.79 Å². The predicted octanol–water partition coefficient (Wildman–Crippen LogP) is 3.39. The minimum absolute atomic E-state index is 0.280. The Morgan fingerprint density at radius 3 is 2.36 bits per heavy atom. The number of rotatable bonds is 4. The lowest BCUT2D eigenvalue weighted by atomic mass is 10.0. The van der Waals surface area contributed by atoms with Gasteiger partial charge < -0.3 is 14.5 Å². The molecule has 22 heavy (non-hydrogen) atoms. The molecule has 0 aliphatic rings. The second kappa shape index (κ2) is 6.47.